The molecular weight excluding hydrogens is 398 g/mol. The van der Waals surface area contributed by atoms with Crippen molar-refractivity contribution < 1.29 is 9.13 Å². The molecule has 0 spiro atoms. The van der Waals surface area contributed by atoms with E-state index < -0.39 is 5.82 Å². The number of halogens is 4. The maximum absolute atomic E-state index is 13.1. The molecule has 0 N–H and O–H groups in total. The van der Waals surface area contributed by atoms with Gasteiger partial charge in [-0.15, -0.1) is 0 Å². The summed E-state index contributed by atoms with van der Waals surface area (Å²) in [5.41, 5.74) is 1.87. The molecule has 0 aromatic heterocycles. The fourth-order valence-electron chi connectivity index (χ4n) is 1.61. The first-order valence-corrected chi connectivity index (χ1v) is 7.81. The fraction of sp³-hybridized carbons (Fsp3) is 0.143. The van der Waals surface area contributed by atoms with Gasteiger partial charge >= 0.3 is 0 Å². The van der Waals surface area contributed by atoms with Crippen molar-refractivity contribution in [2.75, 3.05) is 0 Å². The third-order valence-electron chi connectivity index (χ3n) is 2.56. The van der Waals surface area contributed by atoms with E-state index in [1.54, 1.807) is 12.1 Å². The molecule has 0 bridgehead atoms. The third kappa shape index (κ3) is 3.71. The number of ether oxygens (including phenoxy) is 1. The van der Waals surface area contributed by atoms with Gasteiger partial charge in [0.25, 0.3) is 0 Å². The van der Waals surface area contributed by atoms with Crippen LogP contribution in [0.15, 0.2) is 40.9 Å². The molecule has 1 nitrogen and oxygen atoms in total. The minimum atomic E-state index is -0.424. The molecule has 2 rings (SSSR count). The quantitative estimate of drug-likeness (QED) is 0.589. The average Bonchev–Trinajstić information content (AvgIpc) is 2.41. The van der Waals surface area contributed by atoms with Crippen molar-refractivity contribution in [2.45, 2.75) is 11.9 Å². The zero-order valence-electron chi connectivity index (χ0n) is 9.80. The SMILES string of the molecule is Fc1ccc(COc2c(Br)cccc2CBr)cc1Cl. The van der Waals surface area contributed by atoms with Gasteiger partial charge in [0.15, 0.2) is 0 Å². The van der Waals surface area contributed by atoms with Gasteiger partial charge in [-0.3, -0.25) is 0 Å². The van der Waals surface area contributed by atoms with Crippen molar-refractivity contribution in [1.82, 2.24) is 0 Å². The summed E-state index contributed by atoms with van der Waals surface area (Å²) < 4.78 is 19.7. The Balaban J connectivity index is 2.16. The highest BCUT2D eigenvalue weighted by Gasteiger charge is 2.08. The van der Waals surface area contributed by atoms with Crippen molar-refractivity contribution in [3.63, 3.8) is 0 Å². The first kappa shape index (κ1) is 14.8. The second-order valence-corrected chi connectivity index (χ2v) is 5.72. The van der Waals surface area contributed by atoms with Crippen LogP contribution in [-0.2, 0) is 11.9 Å². The van der Waals surface area contributed by atoms with E-state index in [1.807, 2.05) is 18.2 Å². The maximum Gasteiger partial charge on any atom is 0.141 e. The second kappa shape index (κ2) is 6.73. The molecule has 0 amide bonds. The van der Waals surface area contributed by atoms with Gasteiger partial charge in [-0.05, 0) is 39.7 Å². The van der Waals surface area contributed by atoms with Gasteiger partial charge in [-0.25, -0.2) is 4.39 Å². The van der Waals surface area contributed by atoms with Crippen LogP contribution in [0.5, 0.6) is 5.75 Å². The predicted octanol–water partition coefficient (Wildman–Crippen LogP) is 5.72. The van der Waals surface area contributed by atoms with E-state index in [9.17, 15) is 4.39 Å². The predicted molar refractivity (Wildman–Crippen MR) is 82.5 cm³/mol. The first-order valence-electron chi connectivity index (χ1n) is 5.52. The van der Waals surface area contributed by atoms with Crippen molar-refractivity contribution in [2.24, 2.45) is 0 Å². The lowest BCUT2D eigenvalue weighted by Gasteiger charge is -2.12. The smallest absolute Gasteiger partial charge is 0.141 e. The van der Waals surface area contributed by atoms with E-state index in [0.29, 0.717) is 11.9 Å². The highest BCUT2D eigenvalue weighted by Crippen LogP contribution is 2.31. The standard InChI is InChI=1S/C14H10Br2ClFO/c15-7-10-2-1-3-11(16)14(10)19-8-9-4-5-13(18)12(17)6-9/h1-6H,7-8H2. The van der Waals surface area contributed by atoms with Crippen LogP contribution in [-0.4, -0.2) is 0 Å². The summed E-state index contributed by atoms with van der Waals surface area (Å²) in [7, 11) is 0. The Morgan fingerprint density at radius 3 is 2.68 bits per heavy atom. The molecule has 0 aliphatic heterocycles. The molecule has 0 atom stereocenters. The Labute approximate surface area is 133 Å². The highest BCUT2D eigenvalue weighted by molar-refractivity contribution is 9.10. The number of alkyl halides is 1. The molecule has 0 radical (unpaired) electrons. The minimum absolute atomic E-state index is 0.106. The summed E-state index contributed by atoms with van der Waals surface area (Å²) in [5.74, 6) is 0.354. The molecule has 0 unspecified atom stereocenters. The van der Waals surface area contributed by atoms with Gasteiger partial charge < -0.3 is 4.74 Å². The molecule has 0 aliphatic carbocycles. The van der Waals surface area contributed by atoms with Crippen molar-refractivity contribution in [3.05, 3.63) is 62.8 Å². The van der Waals surface area contributed by atoms with Gasteiger partial charge in [0, 0.05) is 10.9 Å². The Bertz CT molecular complexity index is 590. The first-order chi connectivity index (χ1) is 9.11. The molecule has 0 saturated heterocycles. The Morgan fingerprint density at radius 1 is 1.21 bits per heavy atom. The molecule has 19 heavy (non-hydrogen) atoms. The normalized spacial score (nSPS) is 10.5. The molecule has 100 valence electrons. The monoisotopic (exact) mass is 406 g/mol. The van der Waals surface area contributed by atoms with Crippen LogP contribution >= 0.6 is 43.5 Å². The zero-order chi connectivity index (χ0) is 13.8. The van der Waals surface area contributed by atoms with Gasteiger partial charge in [0.2, 0.25) is 0 Å². The number of rotatable bonds is 4. The number of benzene rings is 2. The lowest BCUT2D eigenvalue weighted by atomic mass is 10.2. The van der Waals surface area contributed by atoms with Crippen LogP contribution in [0.3, 0.4) is 0 Å². The molecular formula is C14H10Br2ClFO. The minimum Gasteiger partial charge on any atom is -0.487 e. The van der Waals surface area contributed by atoms with Crippen LogP contribution in [0.2, 0.25) is 5.02 Å². The number of hydrogen-bond acceptors (Lipinski definition) is 1. The summed E-state index contributed by atoms with van der Waals surface area (Å²) in [6.07, 6.45) is 0. The van der Waals surface area contributed by atoms with Crippen molar-refractivity contribution in [3.8, 4) is 5.75 Å². The Hall–Kier alpha value is -0.580. The van der Waals surface area contributed by atoms with E-state index in [2.05, 4.69) is 31.9 Å². The van der Waals surface area contributed by atoms with Gasteiger partial charge in [-0.2, -0.15) is 0 Å². The average molecular weight is 408 g/mol. The molecule has 5 heteroatoms. The van der Waals surface area contributed by atoms with E-state index in [-0.39, 0.29) is 5.02 Å². The van der Waals surface area contributed by atoms with Crippen LogP contribution in [0.4, 0.5) is 4.39 Å². The topological polar surface area (TPSA) is 9.23 Å². The zero-order valence-corrected chi connectivity index (χ0v) is 13.7. The Kier molecular flexibility index (Phi) is 5.25. The molecule has 2 aromatic rings. The maximum atomic E-state index is 13.1. The summed E-state index contributed by atoms with van der Waals surface area (Å²) in [6, 6.07) is 10.4. The number of para-hydroxylation sites is 1. The molecule has 2 aromatic carbocycles. The number of hydrogen-bond donors (Lipinski definition) is 0. The molecule has 0 aliphatic rings. The van der Waals surface area contributed by atoms with Crippen LogP contribution in [0, 0.1) is 5.82 Å². The van der Waals surface area contributed by atoms with E-state index in [0.717, 1.165) is 21.3 Å². The summed E-state index contributed by atoms with van der Waals surface area (Å²) in [6.45, 7) is 0.336. The fourth-order valence-corrected chi connectivity index (χ4v) is 2.77. The highest BCUT2D eigenvalue weighted by atomic mass is 79.9. The molecule has 0 fully saturated rings. The summed E-state index contributed by atoms with van der Waals surface area (Å²) in [5, 5.41) is 0.806. The Morgan fingerprint density at radius 2 is 2.00 bits per heavy atom. The van der Waals surface area contributed by atoms with E-state index in [1.165, 1.54) is 6.07 Å². The molecule has 0 saturated carbocycles. The van der Waals surface area contributed by atoms with Crippen LogP contribution < -0.4 is 4.74 Å². The van der Waals surface area contributed by atoms with Crippen molar-refractivity contribution in [1.29, 1.82) is 0 Å². The summed E-state index contributed by atoms with van der Waals surface area (Å²) in [4.78, 5) is 0. The van der Waals surface area contributed by atoms with Crippen LogP contribution in [0.1, 0.15) is 11.1 Å². The van der Waals surface area contributed by atoms with Crippen LogP contribution in [0.25, 0.3) is 0 Å². The lowest BCUT2D eigenvalue weighted by Crippen LogP contribution is -1.99. The van der Waals surface area contributed by atoms with Gasteiger partial charge in [0.1, 0.15) is 18.2 Å². The summed E-state index contributed by atoms with van der Waals surface area (Å²) >= 11 is 12.6. The van der Waals surface area contributed by atoms with E-state index >= 15 is 0 Å². The second-order valence-electron chi connectivity index (χ2n) is 3.90. The largest absolute Gasteiger partial charge is 0.487 e. The molecule has 0 heterocycles. The van der Waals surface area contributed by atoms with E-state index in [4.69, 9.17) is 16.3 Å². The van der Waals surface area contributed by atoms with Gasteiger partial charge in [0.05, 0.1) is 9.50 Å². The lowest BCUT2D eigenvalue weighted by molar-refractivity contribution is 0.302. The van der Waals surface area contributed by atoms with Crippen molar-refractivity contribution >= 4 is 43.5 Å². The van der Waals surface area contributed by atoms with Gasteiger partial charge in [-0.1, -0.05) is 45.7 Å². The third-order valence-corrected chi connectivity index (χ3v) is 4.08.